The van der Waals surface area contributed by atoms with Crippen LogP contribution in [-0.2, 0) is 9.53 Å². The average molecular weight is 457 g/mol. The molecule has 2 amide bonds. The largest absolute Gasteiger partial charge is 0.444 e. The number of alkyl halides is 1. The molecule has 0 saturated heterocycles. The van der Waals surface area contributed by atoms with Crippen LogP contribution in [0, 0.1) is 17.8 Å². The molecule has 4 aliphatic carbocycles. The molecule has 0 aromatic heterocycles. The van der Waals surface area contributed by atoms with Crippen LogP contribution in [0.1, 0.15) is 85.0 Å². The number of hydrogen-bond acceptors (Lipinski definition) is 3. The number of halogens is 1. The maximum absolute atomic E-state index is 13.2. The number of unbranched alkanes of at least 4 members (excludes halogenated alkanes) is 2. The molecule has 4 rings (SSSR count). The Labute approximate surface area is 178 Å². The van der Waals surface area contributed by atoms with E-state index in [1.54, 1.807) is 0 Å². The maximum atomic E-state index is 13.2. The van der Waals surface area contributed by atoms with Crippen molar-refractivity contribution in [3.8, 4) is 0 Å². The van der Waals surface area contributed by atoms with Gasteiger partial charge in [-0.15, -0.1) is 0 Å². The van der Waals surface area contributed by atoms with E-state index in [0.717, 1.165) is 61.6 Å². The minimum Gasteiger partial charge on any atom is -0.444 e. The van der Waals surface area contributed by atoms with Crippen molar-refractivity contribution in [1.82, 2.24) is 10.6 Å². The van der Waals surface area contributed by atoms with Crippen LogP contribution in [0.3, 0.4) is 0 Å². The minimum absolute atomic E-state index is 0.0216. The summed E-state index contributed by atoms with van der Waals surface area (Å²) < 4.78 is 5.40. The Kier molecular flexibility index (Phi) is 6.99. The molecule has 0 radical (unpaired) electrons. The number of alkyl carbamates (subject to hydrolysis) is 1. The molecular weight excluding hydrogens is 420 g/mol. The molecule has 0 aliphatic heterocycles. The second-order valence-corrected chi connectivity index (χ2v) is 11.2. The summed E-state index contributed by atoms with van der Waals surface area (Å²) in [6.07, 6.45) is 10.6. The second-order valence-electron chi connectivity index (χ2n) is 10.4. The highest BCUT2D eigenvalue weighted by Gasteiger charge is 2.51. The molecule has 4 bridgehead atoms. The number of nitrogens with one attached hydrogen (secondary N) is 2. The van der Waals surface area contributed by atoms with Gasteiger partial charge in [0.1, 0.15) is 11.6 Å². The van der Waals surface area contributed by atoms with E-state index < -0.39 is 17.7 Å². The Balaban J connectivity index is 1.61. The third kappa shape index (κ3) is 5.87. The van der Waals surface area contributed by atoms with Gasteiger partial charge in [0.2, 0.25) is 5.91 Å². The standard InChI is InChI=1S/C22H37BrN2O3/c1-21(2,3)28-20(27)24-18(7-5-4-6-8-23)19(26)25-22-12-15-9-16(13-22)11-17(10-15)14-22/h15-18H,4-14H2,1-3H3,(H,24,27)(H,25,26)/t15?,16?,17?,18-,22?/m0/s1. The van der Waals surface area contributed by atoms with E-state index in [4.69, 9.17) is 4.74 Å². The Morgan fingerprint density at radius 3 is 2.11 bits per heavy atom. The van der Waals surface area contributed by atoms with Gasteiger partial charge in [-0.3, -0.25) is 4.79 Å². The van der Waals surface area contributed by atoms with E-state index in [1.165, 1.54) is 19.3 Å². The third-order valence-electron chi connectivity index (χ3n) is 6.56. The molecule has 1 atom stereocenters. The number of carbonyl (C=O) groups excluding carboxylic acids is 2. The van der Waals surface area contributed by atoms with Gasteiger partial charge >= 0.3 is 6.09 Å². The first kappa shape index (κ1) is 21.9. The molecule has 2 N–H and O–H groups in total. The lowest BCUT2D eigenvalue weighted by Crippen LogP contribution is -2.62. The minimum atomic E-state index is -0.568. The molecule has 0 unspecified atom stereocenters. The Morgan fingerprint density at radius 2 is 1.61 bits per heavy atom. The van der Waals surface area contributed by atoms with Crippen LogP contribution in [0.15, 0.2) is 0 Å². The quantitative estimate of drug-likeness (QED) is 0.402. The van der Waals surface area contributed by atoms with Crippen molar-refractivity contribution in [2.24, 2.45) is 17.8 Å². The highest BCUT2D eigenvalue weighted by Crippen LogP contribution is 2.55. The lowest BCUT2D eigenvalue weighted by molar-refractivity contribution is -0.129. The van der Waals surface area contributed by atoms with E-state index in [2.05, 4.69) is 26.6 Å². The van der Waals surface area contributed by atoms with Crippen molar-refractivity contribution < 1.29 is 14.3 Å². The van der Waals surface area contributed by atoms with E-state index in [9.17, 15) is 9.59 Å². The summed E-state index contributed by atoms with van der Waals surface area (Å²) in [4.78, 5) is 25.5. The first-order chi connectivity index (χ1) is 13.2. The average Bonchev–Trinajstić information content (AvgIpc) is 2.54. The molecule has 4 aliphatic rings. The van der Waals surface area contributed by atoms with Crippen molar-refractivity contribution in [3.05, 3.63) is 0 Å². The predicted octanol–water partition coefficient (Wildman–Crippen LogP) is 4.92. The molecule has 0 aromatic rings. The summed E-state index contributed by atoms with van der Waals surface area (Å²) in [6.45, 7) is 5.52. The molecule has 0 heterocycles. The van der Waals surface area contributed by atoms with Gasteiger partial charge in [0, 0.05) is 10.9 Å². The first-order valence-corrected chi connectivity index (χ1v) is 12.2. The smallest absolute Gasteiger partial charge is 0.408 e. The molecule has 28 heavy (non-hydrogen) atoms. The second kappa shape index (κ2) is 8.93. The van der Waals surface area contributed by atoms with E-state index >= 15 is 0 Å². The highest BCUT2D eigenvalue weighted by atomic mass is 79.9. The summed E-state index contributed by atoms with van der Waals surface area (Å²) in [5, 5.41) is 7.23. The number of ether oxygens (including phenoxy) is 1. The van der Waals surface area contributed by atoms with E-state index in [0.29, 0.717) is 6.42 Å². The van der Waals surface area contributed by atoms with Crippen molar-refractivity contribution in [2.45, 2.75) is 102 Å². The van der Waals surface area contributed by atoms with Gasteiger partial charge in [0.05, 0.1) is 0 Å². The first-order valence-electron chi connectivity index (χ1n) is 11.1. The van der Waals surface area contributed by atoms with Gasteiger partial charge in [0.25, 0.3) is 0 Å². The van der Waals surface area contributed by atoms with Crippen molar-refractivity contribution in [2.75, 3.05) is 5.33 Å². The summed E-state index contributed by atoms with van der Waals surface area (Å²) in [5.74, 6) is 2.32. The van der Waals surface area contributed by atoms with E-state index in [-0.39, 0.29) is 11.4 Å². The SMILES string of the molecule is CC(C)(C)OC(=O)N[C@@H](CCCCCBr)C(=O)NC12CC3CC(CC(C3)C1)C2. The van der Waals surface area contributed by atoms with Crippen LogP contribution in [0.2, 0.25) is 0 Å². The zero-order valence-corrected chi connectivity index (χ0v) is 19.3. The summed E-state index contributed by atoms with van der Waals surface area (Å²) in [7, 11) is 0. The van der Waals surface area contributed by atoms with E-state index in [1.807, 2.05) is 20.8 Å². The normalized spacial score (nSPS) is 32.1. The Hall–Kier alpha value is -0.780. The topological polar surface area (TPSA) is 67.4 Å². The highest BCUT2D eigenvalue weighted by molar-refractivity contribution is 9.09. The number of carbonyl (C=O) groups is 2. The summed E-state index contributed by atoms with van der Waals surface area (Å²) >= 11 is 3.45. The molecule has 0 spiro atoms. The van der Waals surface area contributed by atoms with Gasteiger partial charge in [0.15, 0.2) is 0 Å². The number of hydrogen-bond donors (Lipinski definition) is 2. The molecule has 4 saturated carbocycles. The van der Waals surface area contributed by atoms with Gasteiger partial charge in [-0.2, -0.15) is 0 Å². The maximum Gasteiger partial charge on any atom is 0.408 e. The zero-order chi connectivity index (χ0) is 20.4. The molecule has 0 aromatic carbocycles. The fraction of sp³-hybridized carbons (Fsp3) is 0.909. The van der Waals surface area contributed by atoms with Crippen LogP contribution < -0.4 is 10.6 Å². The summed E-state index contributed by atoms with van der Waals surface area (Å²) in [6, 6.07) is -0.516. The van der Waals surface area contributed by atoms with Gasteiger partial charge in [-0.1, -0.05) is 28.8 Å². The number of amides is 2. The third-order valence-corrected chi connectivity index (χ3v) is 7.12. The fourth-order valence-electron chi connectivity index (χ4n) is 5.95. The van der Waals surface area contributed by atoms with Crippen LogP contribution >= 0.6 is 15.9 Å². The van der Waals surface area contributed by atoms with Crippen LogP contribution in [0.25, 0.3) is 0 Å². The van der Waals surface area contributed by atoms with Crippen LogP contribution in [0.5, 0.6) is 0 Å². The van der Waals surface area contributed by atoms with Gasteiger partial charge in [-0.25, -0.2) is 4.79 Å². The number of rotatable bonds is 8. The van der Waals surface area contributed by atoms with Crippen molar-refractivity contribution >= 4 is 27.9 Å². The molecule has 6 heteroatoms. The van der Waals surface area contributed by atoms with Crippen LogP contribution in [0.4, 0.5) is 4.79 Å². The molecular formula is C22H37BrN2O3. The lowest BCUT2D eigenvalue weighted by atomic mass is 9.53. The Bertz CT molecular complexity index is 537. The fourth-order valence-corrected chi connectivity index (χ4v) is 6.35. The predicted molar refractivity (Wildman–Crippen MR) is 114 cm³/mol. The van der Waals surface area contributed by atoms with Gasteiger partial charge in [-0.05, 0) is 89.9 Å². The zero-order valence-electron chi connectivity index (χ0n) is 17.7. The summed E-state index contributed by atoms with van der Waals surface area (Å²) in [5.41, 5.74) is -0.601. The Morgan fingerprint density at radius 1 is 1.04 bits per heavy atom. The monoisotopic (exact) mass is 456 g/mol. The van der Waals surface area contributed by atoms with Crippen molar-refractivity contribution in [1.29, 1.82) is 0 Å². The molecule has 4 fully saturated rings. The molecule has 5 nitrogen and oxygen atoms in total. The molecule has 160 valence electrons. The lowest BCUT2D eigenvalue weighted by Gasteiger charge is -2.57. The van der Waals surface area contributed by atoms with Crippen LogP contribution in [-0.4, -0.2) is 34.5 Å². The van der Waals surface area contributed by atoms with Crippen molar-refractivity contribution in [3.63, 3.8) is 0 Å². The van der Waals surface area contributed by atoms with Gasteiger partial charge < -0.3 is 15.4 Å².